The van der Waals surface area contributed by atoms with E-state index in [-0.39, 0.29) is 0 Å². The van der Waals surface area contributed by atoms with Crippen LogP contribution in [0.25, 0.3) is 0 Å². The molecule has 2 rings (SSSR count). The minimum Gasteiger partial charge on any atom is -0.469 e. The van der Waals surface area contributed by atoms with Gasteiger partial charge in [-0.3, -0.25) is 0 Å². The number of nitrogens with zero attached hydrogens (tertiary/aromatic N) is 1. The molecule has 0 atom stereocenters. The fourth-order valence-electron chi connectivity index (χ4n) is 2.42. The van der Waals surface area contributed by atoms with Crippen molar-refractivity contribution in [3.8, 4) is 0 Å². The molecule has 2 aromatic rings. The normalized spacial score (nSPS) is 11.6. The second-order valence-corrected chi connectivity index (χ2v) is 7.85. The quantitative estimate of drug-likeness (QED) is 0.323. The second-order valence-electron chi connectivity index (χ2n) is 5.83. The molecule has 0 fully saturated rings. The van der Waals surface area contributed by atoms with E-state index in [9.17, 15) is 0 Å². The summed E-state index contributed by atoms with van der Waals surface area (Å²) >= 11 is 3.68. The number of aliphatic imine (C=N–C) groups is 1. The summed E-state index contributed by atoms with van der Waals surface area (Å²) < 4.78 is 5.38. The van der Waals surface area contributed by atoms with Gasteiger partial charge in [0.2, 0.25) is 0 Å². The number of unbranched alkanes of at least 4 members (excludes halogenated alkanes) is 3. The number of thiophene rings is 1. The van der Waals surface area contributed by atoms with Crippen molar-refractivity contribution in [3.05, 3.63) is 46.5 Å². The average molecular weight is 380 g/mol. The van der Waals surface area contributed by atoms with E-state index in [4.69, 9.17) is 9.41 Å². The van der Waals surface area contributed by atoms with Crippen molar-refractivity contribution < 1.29 is 4.42 Å². The lowest BCUT2D eigenvalue weighted by atomic mass is 10.2. The largest absolute Gasteiger partial charge is 0.469 e. The molecule has 138 valence electrons. The fourth-order valence-corrected chi connectivity index (χ4v) is 3.55. The van der Waals surface area contributed by atoms with Crippen molar-refractivity contribution >= 4 is 29.1 Å². The molecule has 0 saturated carbocycles. The highest BCUT2D eigenvalue weighted by Crippen LogP contribution is 2.09. The van der Waals surface area contributed by atoms with E-state index in [0.717, 1.165) is 37.8 Å². The van der Waals surface area contributed by atoms with Crippen LogP contribution in [0, 0.1) is 0 Å². The Morgan fingerprint density at radius 3 is 2.76 bits per heavy atom. The van der Waals surface area contributed by atoms with E-state index in [1.807, 2.05) is 23.9 Å². The lowest BCUT2D eigenvalue weighted by molar-refractivity contribution is 0.506. The maximum absolute atomic E-state index is 5.38. The monoisotopic (exact) mass is 379 g/mol. The molecule has 25 heavy (non-hydrogen) atoms. The van der Waals surface area contributed by atoms with Crippen LogP contribution >= 0.6 is 23.1 Å². The van der Waals surface area contributed by atoms with Crippen molar-refractivity contribution in [1.82, 2.24) is 10.6 Å². The third-order valence-electron chi connectivity index (χ3n) is 3.78. The third-order valence-corrected chi connectivity index (χ3v) is 5.34. The second kappa shape index (κ2) is 12.9. The van der Waals surface area contributed by atoms with E-state index in [2.05, 4.69) is 34.4 Å². The average Bonchev–Trinajstić information content (AvgIpc) is 3.32. The Morgan fingerprint density at radius 1 is 1.12 bits per heavy atom. The number of hydrogen-bond donors (Lipinski definition) is 2. The molecule has 0 radical (unpaired) electrons. The van der Waals surface area contributed by atoms with Gasteiger partial charge >= 0.3 is 0 Å². The number of thioether (sulfide) groups is 1. The maximum atomic E-state index is 5.38. The highest BCUT2D eigenvalue weighted by Gasteiger charge is 2.01. The molecule has 0 aliphatic rings. The van der Waals surface area contributed by atoms with E-state index < -0.39 is 0 Å². The molecule has 2 N–H and O–H groups in total. The predicted octanol–water partition coefficient (Wildman–Crippen LogP) is 4.54. The van der Waals surface area contributed by atoms with Crippen LogP contribution < -0.4 is 10.6 Å². The molecule has 0 spiro atoms. The Hall–Kier alpha value is -1.40. The molecule has 2 heterocycles. The first-order chi connectivity index (χ1) is 12.4. The number of rotatable bonds is 12. The van der Waals surface area contributed by atoms with Crippen LogP contribution in [0.2, 0.25) is 0 Å². The van der Waals surface area contributed by atoms with Gasteiger partial charge in [-0.15, -0.1) is 11.3 Å². The molecule has 0 saturated heterocycles. The van der Waals surface area contributed by atoms with Crippen molar-refractivity contribution in [2.45, 2.75) is 38.6 Å². The van der Waals surface area contributed by atoms with Gasteiger partial charge in [-0.25, -0.2) is 4.99 Å². The molecule has 6 heteroatoms. The number of guanidine groups is 1. The summed E-state index contributed by atoms with van der Waals surface area (Å²) in [4.78, 5) is 5.98. The van der Waals surface area contributed by atoms with Crippen LogP contribution in [0.5, 0.6) is 0 Å². The zero-order valence-corrected chi connectivity index (χ0v) is 16.6. The Balaban J connectivity index is 1.70. The van der Waals surface area contributed by atoms with E-state index in [0.29, 0.717) is 0 Å². The minimum atomic E-state index is 0.724. The highest BCUT2D eigenvalue weighted by atomic mass is 32.2. The van der Waals surface area contributed by atoms with Crippen LogP contribution in [0.3, 0.4) is 0 Å². The lowest BCUT2D eigenvalue weighted by Crippen LogP contribution is -2.38. The minimum absolute atomic E-state index is 0.724. The maximum Gasteiger partial charge on any atom is 0.191 e. The van der Waals surface area contributed by atoms with Gasteiger partial charge in [0.15, 0.2) is 5.96 Å². The van der Waals surface area contributed by atoms with Gasteiger partial charge < -0.3 is 15.1 Å². The molecule has 0 amide bonds. The summed E-state index contributed by atoms with van der Waals surface area (Å²) in [5, 5.41) is 8.97. The smallest absolute Gasteiger partial charge is 0.191 e. The lowest BCUT2D eigenvalue weighted by Gasteiger charge is -2.12. The number of nitrogens with one attached hydrogen (secondary N) is 2. The molecule has 0 aliphatic heterocycles. The van der Waals surface area contributed by atoms with Crippen molar-refractivity contribution in [2.24, 2.45) is 4.99 Å². The highest BCUT2D eigenvalue weighted by molar-refractivity contribution is 7.98. The van der Waals surface area contributed by atoms with Gasteiger partial charge in [-0.05, 0) is 48.4 Å². The first kappa shape index (κ1) is 19.9. The first-order valence-corrected chi connectivity index (χ1v) is 11.2. The molecular formula is C19H29N3OS2. The molecule has 0 unspecified atom stereocenters. The molecule has 0 aromatic carbocycles. The zero-order valence-electron chi connectivity index (χ0n) is 15.0. The fraction of sp³-hybridized carbons (Fsp3) is 0.526. The summed E-state index contributed by atoms with van der Waals surface area (Å²) in [6.45, 7) is 2.51. The Kier molecular flexibility index (Phi) is 10.3. The Morgan fingerprint density at radius 2 is 2.00 bits per heavy atom. The summed E-state index contributed by atoms with van der Waals surface area (Å²) in [7, 11) is 0. The standard InChI is InChI=1S/C19H29N3OS2/c1-24-14-5-3-2-4-11-20-19(22-16-18-9-7-15-25-18)21-12-10-17-8-6-13-23-17/h6-9,13,15H,2-5,10-12,14,16H2,1H3,(H2,20,21,22). The zero-order chi connectivity index (χ0) is 17.6. The predicted molar refractivity (Wildman–Crippen MR) is 111 cm³/mol. The van der Waals surface area contributed by atoms with Crippen LogP contribution in [-0.4, -0.2) is 31.1 Å². The molecule has 4 nitrogen and oxygen atoms in total. The van der Waals surface area contributed by atoms with E-state index in [1.54, 1.807) is 17.6 Å². The Labute approximate surface area is 159 Å². The molecular weight excluding hydrogens is 350 g/mol. The van der Waals surface area contributed by atoms with Crippen LogP contribution in [0.4, 0.5) is 0 Å². The van der Waals surface area contributed by atoms with Gasteiger partial charge in [-0.2, -0.15) is 11.8 Å². The van der Waals surface area contributed by atoms with Crippen molar-refractivity contribution in [2.75, 3.05) is 25.1 Å². The van der Waals surface area contributed by atoms with Gasteiger partial charge in [0.05, 0.1) is 12.8 Å². The van der Waals surface area contributed by atoms with E-state index >= 15 is 0 Å². The van der Waals surface area contributed by atoms with Crippen molar-refractivity contribution in [1.29, 1.82) is 0 Å². The molecule has 2 aromatic heterocycles. The first-order valence-electron chi connectivity index (χ1n) is 8.94. The van der Waals surface area contributed by atoms with Crippen LogP contribution in [-0.2, 0) is 13.0 Å². The summed E-state index contributed by atoms with van der Waals surface area (Å²) in [5.41, 5.74) is 0. The summed E-state index contributed by atoms with van der Waals surface area (Å²) in [6, 6.07) is 8.13. The van der Waals surface area contributed by atoms with Crippen LogP contribution in [0.1, 0.15) is 36.3 Å². The van der Waals surface area contributed by atoms with Gasteiger partial charge in [-0.1, -0.05) is 18.9 Å². The third kappa shape index (κ3) is 9.02. The van der Waals surface area contributed by atoms with Gasteiger partial charge in [0, 0.05) is 24.4 Å². The van der Waals surface area contributed by atoms with Gasteiger partial charge in [0.25, 0.3) is 0 Å². The molecule has 0 bridgehead atoms. The summed E-state index contributed by atoms with van der Waals surface area (Å²) in [5.74, 6) is 3.16. The topological polar surface area (TPSA) is 49.6 Å². The number of furan rings is 1. The molecule has 0 aliphatic carbocycles. The van der Waals surface area contributed by atoms with E-state index in [1.165, 1.54) is 36.3 Å². The number of hydrogen-bond acceptors (Lipinski definition) is 4. The Bertz CT molecular complexity index is 568. The SMILES string of the molecule is CSCCCCCCNC(=NCc1cccs1)NCCc1ccco1. The van der Waals surface area contributed by atoms with Crippen molar-refractivity contribution in [3.63, 3.8) is 0 Å². The summed E-state index contributed by atoms with van der Waals surface area (Å²) in [6.07, 6.45) is 9.85. The van der Waals surface area contributed by atoms with Crippen LogP contribution in [0.15, 0.2) is 45.3 Å². The van der Waals surface area contributed by atoms with Gasteiger partial charge in [0.1, 0.15) is 5.76 Å².